The molecule has 0 radical (unpaired) electrons. The van der Waals surface area contributed by atoms with E-state index in [-0.39, 0.29) is 127 Å². The smallest absolute Gasteiger partial charge is 0.457 e. The van der Waals surface area contributed by atoms with Crippen LogP contribution in [0.25, 0.3) is 31.3 Å². The quantitative estimate of drug-likeness (QED) is 0.0109. The lowest BCUT2D eigenvalue weighted by Crippen LogP contribution is -2.62. The van der Waals surface area contributed by atoms with Gasteiger partial charge in [0.1, 0.15) is 42.0 Å². The molecule has 131 heavy (non-hydrogen) atoms. The van der Waals surface area contributed by atoms with E-state index in [9.17, 15) is 43.5 Å². The maximum Gasteiger partial charge on any atom is 0.457 e. The molecule has 0 saturated carbocycles. The molecule has 0 aliphatic carbocycles. The molecular weight excluding hydrogens is 1680 g/mol. The molecule has 8 aliphatic rings. The summed E-state index contributed by atoms with van der Waals surface area (Å²) in [6.45, 7) is 39.9. The molecule has 8 aliphatic heterocycles. The van der Waals surface area contributed by atoms with Crippen molar-refractivity contribution in [2.45, 2.75) is 403 Å². The van der Waals surface area contributed by atoms with Crippen molar-refractivity contribution in [2.75, 3.05) is 26.2 Å². The van der Waals surface area contributed by atoms with Crippen LogP contribution in [0, 0.1) is 0 Å². The first-order valence-electron chi connectivity index (χ1n) is 46.7. The predicted octanol–water partition coefficient (Wildman–Crippen LogP) is 17.2. The fraction of sp³-hybridized carbons (Fsp3) is 0.720. The van der Waals surface area contributed by atoms with Gasteiger partial charge in [0.15, 0.2) is 0 Å². The van der Waals surface area contributed by atoms with Crippen molar-refractivity contribution >= 4 is 76.0 Å². The molecule has 8 saturated heterocycles. The number of esters is 3. The molecule has 0 aromatic heterocycles. The zero-order chi connectivity index (χ0) is 96.8. The predicted molar refractivity (Wildman–Crippen MR) is 499 cm³/mol. The Hall–Kier alpha value is -8.75. The van der Waals surface area contributed by atoms with Crippen molar-refractivity contribution in [3.63, 3.8) is 0 Å². The topological polar surface area (TPSA) is 444 Å². The van der Waals surface area contributed by atoms with E-state index in [0.717, 1.165) is 42.4 Å². The summed E-state index contributed by atoms with van der Waals surface area (Å²) in [7, 11) is -1.22. The third kappa shape index (κ3) is 27.3. The number of carboxylic acids is 1. The van der Waals surface area contributed by atoms with E-state index >= 15 is 0 Å². The van der Waals surface area contributed by atoms with Gasteiger partial charge >= 0.3 is 52.4 Å². The largest absolute Gasteiger partial charge is 0.479 e. The van der Waals surface area contributed by atoms with Crippen LogP contribution >= 0.6 is 0 Å². The van der Waals surface area contributed by atoms with Crippen LogP contribution in [0.5, 0.6) is 0 Å². The molecule has 0 spiro atoms. The van der Waals surface area contributed by atoms with Crippen molar-refractivity contribution < 1.29 is 94.9 Å². The number of nitrogens with zero attached hydrogens (tertiary/aromatic N) is 13. The van der Waals surface area contributed by atoms with Crippen LogP contribution in [0.3, 0.4) is 0 Å². The second-order valence-electron chi connectivity index (χ2n) is 40.3. The summed E-state index contributed by atoms with van der Waals surface area (Å²) in [6.07, 6.45) is 13.3. The van der Waals surface area contributed by atoms with Gasteiger partial charge in [-0.1, -0.05) is 158 Å². The number of unbranched alkanes of at least 4 members (excludes halogenated alkanes) is 4. The summed E-state index contributed by atoms with van der Waals surface area (Å²) in [4.78, 5) is 118. The lowest BCUT2D eigenvalue weighted by molar-refractivity contribution is -0.169. The number of rotatable bonds is 33. The van der Waals surface area contributed by atoms with E-state index in [0.29, 0.717) is 135 Å². The molecule has 8 atom stereocenters. The Kier molecular flexibility index (Phi) is 37.8. The summed E-state index contributed by atoms with van der Waals surface area (Å²) < 4.78 is 65.7. The second kappa shape index (κ2) is 46.0. The standard InChI is InChI=1S/3C25H37BN4O5.C18H33BN2O5/c3*1-19(31)30-16-13-21(28-29-27)17-25(30,22(32)33-18-20-11-7-6-8-12-20)14-9-10-15-26-34-23(2,3)24(4,5)35-26;1-13(22)21-11-8-14(20)12-18(21,15(23)24)9-6-7-10-19-25-16(2,3)17(4,5)26-19/h3*6-8,11-12,21H,9-10,13-18H2,1-5H3;14H,6-12,20H2,1-5H3,(H,23,24)/t3*21-,25+;14-,18+/m1001/s1. The SMILES string of the molecule is CC(=O)N1CC[C@@H](N)C[C@@]1(CCCCB1OC(C)(C)C(C)(C)O1)C(=O)O.CC(=O)N1CC[C@@H](N=[N+]=[N-])C[C@@]1(CCCCB1OC(C)(C)C(C)(C)O1)C(=O)OCc1ccccc1.CC(=O)N1CC[C@H](N=[N+]=[N-])C[C@]1(CCCCB1OC(C)(C)C(C)(C)O1)C(=O)OCc1ccccc1.CC(=O)N1CC[C@H](N=[N+]=[N-])C[C@]1(CCCCB1OC(C)(C)C(C)(C)O1)C(=O)OCc1ccccc1. The van der Waals surface area contributed by atoms with Gasteiger partial charge < -0.3 is 81.9 Å². The summed E-state index contributed by atoms with van der Waals surface area (Å²) in [6, 6.07) is 27.0. The number of amides is 4. The number of hydrogen-bond acceptors (Lipinski definition) is 23. The van der Waals surface area contributed by atoms with Crippen LogP contribution < -0.4 is 5.73 Å². The van der Waals surface area contributed by atoms with E-state index in [2.05, 4.69) is 30.1 Å². The Labute approximate surface area is 776 Å². The number of carboxylic acid groups (broad SMARTS) is 1. The molecule has 3 aromatic rings. The number of carbonyl (C=O) groups excluding carboxylic acids is 7. The van der Waals surface area contributed by atoms with Gasteiger partial charge in [0.25, 0.3) is 0 Å². The lowest BCUT2D eigenvalue weighted by atomic mass is 9.77. The molecular formula is C93H144B4N14O20. The first-order valence-corrected chi connectivity index (χ1v) is 46.7. The number of carbonyl (C=O) groups is 8. The molecule has 3 N–H and O–H groups in total. The minimum Gasteiger partial charge on any atom is -0.479 e. The molecule has 718 valence electrons. The highest BCUT2D eigenvalue weighted by Gasteiger charge is 2.58. The third-order valence-electron chi connectivity index (χ3n) is 28.8. The van der Waals surface area contributed by atoms with Crippen LogP contribution in [0.2, 0.25) is 25.3 Å². The van der Waals surface area contributed by atoms with Crippen molar-refractivity contribution in [3.05, 3.63) is 139 Å². The van der Waals surface area contributed by atoms with E-state index in [1.165, 1.54) is 32.6 Å². The average Bonchev–Trinajstić information content (AvgIpc) is 1.77. The number of piperidine rings is 4. The normalized spacial score (nSPS) is 26.2. The highest BCUT2D eigenvalue weighted by Crippen LogP contribution is 2.46. The Balaban J connectivity index is 0.000000217. The van der Waals surface area contributed by atoms with Crippen LogP contribution in [0.1, 0.15) is 284 Å². The highest BCUT2D eigenvalue weighted by molar-refractivity contribution is 6.46. The summed E-state index contributed by atoms with van der Waals surface area (Å²) in [5, 5.41) is 21.5. The average molecular weight is 1820 g/mol. The molecule has 4 amide bonds. The van der Waals surface area contributed by atoms with Gasteiger partial charge in [0, 0.05) is 92.8 Å². The van der Waals surface area contributed by atoms with Crippen molar-refractivity contribution in [1.29, 1.82) is 0 Å². The number of ether oxygens (including phenoxy) is 3. The Bertz CT molecular complexity index is 4080. The Morgan fingerprint density at radius 1 is 0.359 bits per heavy atom. The minimum atomic E-state index is -1.20. The molecule has 0 unspecified atom stereocenters. The van der Waals surface area contributed by atoms with E-state index in [1.807, 2.05) is 202 Å². The lowest BCUT2D eigenvalue weighted by Gasteiger charge is -2.46. The second-order valence-corrected chi connectivity index (χ2v) is 40.3. The van der Waals surface area contributed by atoms with Gasteiger partial charge in [-0.2, -0.15) is 0 Å². The summed E-state index contributed by atoms with van der Waals surface area (Å²) in [5.74, 6) is -3.09. The molecule has 0 bridgehead atoms. The molecule has 8 fully saturated rings. The molecule has 11 rings (SSSR count). The maximum absolute atomic E-state index is 13.6. The molecule has 38 heteroatoms. The Morgan fingerprint density at radius 3 is 0.786 bits per heavy atom. The fourth-order valence-electron chi connectivity index (χ4n) is 18.8. The highest BCUT2D eigenvalue weighted by atomic mass is 16.7. The number of benzene rings is 3. The van der Waals surface area contributed by atoms with Crippen molar-refractivity contribution in [2.24, 2.45) is 21.1 Å². The number of hydrogen-bond donors (Lipinski definition) is 2. The van der Waals surface area contributed by atoms with Crippen molar-refractivity contribution in [3.8, 4) is 0 Å². The van der Waals surface area contributed by atoms with E-state index in [4.69, 9.17) is 73.8 Å². The first kappa shape index (κ1) is 108. The molecule has 34 nitrogen and oxygen atoms in total. The van der Waals surface area contributed by atoms with Crippen LogP contribution in [0.4, 0.5) is 0 Å². The van der Waals surface area contributed by atoms with E-state index in [1.54, 1.807) is 14.7 Å². The molecule has 8 heterocycles. The molecule has 3 aromatic carbocycles. The maximum atomic E-state index is 13.6. The summed E-state index contributed by atoms with van der Waals surface area (Å²) in [5.41, 5.74) is 27.9. The van der Waals surface area contributed by atoms with Crippen LogP contribution in [-0.2, 0) is 110 Å². The van der Waals surface area contributed by atoms with Gasteiger partial charge in [0.05, 0.1) is 44.8 Å². The number of likely N-dealkylation sites (tertiary alicyclic amines) is 4. The minimum absolute atomic E-state index is 0.118. The zero-order valence-corrected chi connectivity index (χ0v) is 81.3. The van der Waals surface area contributed by atoms with Crippen LogP contribution in [-0.4, -0.2) is 218 Å². The van der Waals surface area contributed by atoms with Gasteiger partial charge in [-0.15, -0.1) is 0 Å². The van der Waals surface area contributed by atoms with Gasteiger partial charge in [-0.05, 0) is 246 Å². The third-order valence-corrected chi connectivity index (χ3v) is 28.8. The zero-order valence-electron chi connectivity index (χ0n) is 81.3. The number of azide groups is 3. The van der Waals surface area contributed by atoms with Crippen LogP contribution in [0.15, 0.2) is 106 Å². The van der Waals surface area contributed by atoms with Gasteiger partial charge in [-0.3, -0.25) is 19.2 Å². The van der Waals surface area contributed by atoms with Gasteiger partial charge in [0.2, 0.25) is 23.6 Å². The number of aliphatic carboxylic acids is 1. The Morgan fingerprint density at radius 2 is 0.573 bits per heavy atom. The summed E-state index contributed by atoms with van der Waals surface area (Å²) >= 11 is 0. The first-order chi connectivity index (χ1) is 61.4. The van der Waals surface area contributed by atoms with E-state index < -0.39 is 79.6 Å². The van der Waals surface area contributed by atoms with Gasteiger partial charge in [-0.25, -0.2) is 19.2 Å². The fourth-order valence-corrected chi connectivity index (χ4v) is 18.8. The van der Waals surface area contributed by atoms with Crippen molar-refractivity contribution in [1.82, 2.24) is 19.6 Å². The number of nitrogens with two attached hydrogens (primary N) is 1. The monoisotopic (exact) mass is 1820 g/mol.